The summed E-state index contributed by atoms with van der Waals surface area (Å²) in [5, 5.41) is 3.24. The molecule has 8 nitrogen and oxygen atoms in total. The van der Waals surface area contributed by atoms with Crippen LogP contribution < -0.4 is 21.5 Å². The van der Waals surface area contributed by atoms with Crippen LogP contribution in [0.3, 0.4) is 0 Å². The number of anilines is 3. The van der Waals surface area contributed by atoms with Crippen LogP contribution in [0, 0.1) is 0 Å². The Morgan fingerprint density at radius 2 is 1.52 bits per heavy atom. The molecule has 120 valence electrons. The molecule has 1 aromatic heterocycles. The van der Waals surface area contributed by atoms with Crippen molar-refractivity contribution >= 4 is 17.8 Å². The quantitative estimate of drug-likeness (QED) is 0.430. The fourth-order valence-corrected chi connectivity index (χ4v) is 2.02. The van der Waals surface area contributed by atoms with Crippen LogP contribution in [0.4, 0.5) is 17.8 Å². The van der Waals surface area contributed by atoms with E-state index < -0.39 is 0 Å². The van der Waals surface area contributed by atoms with Crippen molar-refractivity contribution in [2.24, 2.45) is 5.84 Å². The molecule has 4 N–H and O–H groups in total. The lowest BCUT2D eigenvalue weighted by Gasteiger charge is -2.20. The summed E-state index contributed by atoms with van der Waals surface area (Å²) in [5.74, 6) is 6.99. The van der Waals surface area contributed by atoms with Crippen molar-refractivity contribution < 1.29 is 0 Å². The van der Waals surface area contributed by atoms with Gasteiger partial charge in [-0.3, -0.25) is 5.43 Å². The first kappa shape index (κ1) is 17.4. The number of nitrogens with one attached hydrogen (secondary N) is 2. The fourth-order valence-electron chi connectivity index (χ4n) is 2.02. The van der Waals surface area contributed by atoms with Gasteiger partial charge < -0.3 is 15.1 Å². The van der Waals surface area contributed by atoms with Gasteiger partial charge in [-0.15, -0.1) is 0 Å². The van der Waals surface area contributed by atoms with Crippen molar-refractivity contribution in [3.05, 3.63) is 0 Å². The van der Waals surface area contributed by atoms with Crippen LogP contribution in [0.15, 0.2) is 0 Å². The molecule has 1 rings (SSSR count). The molecule has 1 aromatic rings. The molecule has 0 radical (unpaired) electrons. The Balaban J connectivity index is 2.74. The number of nitrogens with zero attached hydrogens (tertiary/aromatic N) is 5. The first-order valence-electron chi connectivity index (χ1n) is 7.62. The highest BCUT2D eigenvalue weighted by atomic mass is 15.4. The molecule has 8 heteroatoms. The molecule has 0 aliphatic carbocycles. The van der Waals surface area contributed by atoms with Crippen LogP contribution in [0.25, 0.3) is 0 Å². The predicted molar refractivity (Wildman–Crippen MR) is 87.5 cm³/mol. The van der Waals surface area contributed by atoms with E-state index in [0.717, 1.165) is 39.3 Å². The minimum atomic E-state index is 0.372. The van der Waals surface area contributed by atoms with Crippen molar-refractivity contribution in [2.75, 3.05) is 54.9 Å². The molecule has 0 saturated carbocycles. The van der Waals surface area contributed by atoms with Crippen molar-refractivity contribution in [3.8, 4) is 0 Å². The second-order valence-corrected chi connectivity index (χ2v) is 4.55. The first-order chi connectivity index (χ1) is 10.2. The number of hydrogen-bond donors (Lipinski definition) is 3. The molecule has 0 aromatic carbocycles. The van der Waals surface area contributed by atoms with E-state index in [2.05, 4.69) is 63.2 Å². The average molecular weight is 296 g/mol. The van der Waals surface area contributed by atoms with Gasteiger partial charge in [0.1, 0.15) is 0 Å². The van der Waals surface area contributed by atoms with Gasteiger partial charge in [0, 0.05) is 26.2 Å². The zero-order chi connectivity index (χ0) is 15.7. The highest BCUT2D eigenvalue weighted by molar-refractivity contribution is 5.43. The third kappa shape index (κ3) is 5.31. The highest BCUT2D eigenvalue weighted by Crippen LogP contribution is 2.12. The summed E-state index contributed by atoms with van der Waals surface area (Å²) in [6.45, 7) is 13.9. The maximum atomic E-state index is 5.43. The number of hydrazine groups is 1. The van der Waals surface area contributed by atoms with Gasteiger partial charge in [0.25, 0.3) is 0 Å². The van der Waals surface area contributed by atoms with Crippen molar-refractivity contribution in [2.45, 2.75) is 27.7 Å². The lowest BCUT2D eigenvalue weighted by molar-refractivity contribution is 0.316. The van der Waals surface area contributed by atoms with Gasteiger partial charge in [-0.2, -0.15) is 15.0 Å². The van der Waals surface area contributed by atoms with Crippen LogP contribution in [0.5, 0.6) is 0 Å². The van der Waals surface area contributed by atoms with Gasteiger partial charge in [-0.05, 0) is 26.9 Å². The molecule has 0 bridgehead atoms. The van der Waals surface area contributed by atoms with Gasteiger partial charge >= 0.3 is 0 Å². The number of likely N-dealkylation sites (N-methyl/N-ethyl adjacent to an activating group) is 1. The monoisotopic (exact) mass is 296 g/mol. The molecule has 21 heavy (non-hydrogen) atoms. The zero-order valence-corrected chi connectivity index (χ0v) is 13.6. The Bertz CT molecular complexity index is 403. The molecule has 0 aliphatic rings. The Morgan fingerprint density at radius 3 is 2.05 bits per heavy atom. The summed E-state index contributed by atoms with van der Waals surface area (Å²) in [4.78, 5) is 17.4. The van der Waals surface area contributed by atoms with E-state index in [1.165, 1.54) is 0 Å². The number of rotatable bonds is 10. The molecule has 0 aliphatic heterocycles. The SMILES string of the molecule is CCN(CC)CCNc1nc(NN)nc(N(CC)CC)n1. The maximum Gasteiger partial charge on any atom is 0.243 e. The number of nitrogens with two attached hydrogens (primary N) is 1. The number of hydrogen-bond acceptors (Lipinski definition) is 8. The van der Waals surface area contributed by atoms with Crippen molar-refractivity contribution in [1.29, 1.82) is 0 Å². The largest absolute Gasteiger partial charge is 0.353 e. The minimum absolute atomic E-state index is 0.372. The van der Waals surface area contributed by atoms with Gasteiger partial charge in [0.05, 0.1) is 0 Å². The van der Waals surface area contributed by atoms with E-state index in [-0.39, 0.29) is 0 Å². The summed E-state index contributed by atoms with van der Waals surface area (Å²) in [7, 11) is 0. The van der Waals surface area contributed by atoms with E-state index in [1.807, 2.05) is 0 Å². The van der Waals surface area contributed by atoms with Crippen molar-refractivity contribution in [3.63, 3.8) is 0 Å². The Hall–Kier alpha value is -1.67. The Morgan fingerprint density at radius 1 is 0.905 bits per heavy atom. The molecule has 0 fully saturated rings. The zero-order valence-electron chi connectivity index (χ0n) is 13.6. The Labute approximate surface area is 127 Å². The van der Waals surface area contributed by atoms with E-state index in [0.29, 0.717) is 17.8 Å². The maximum absolute atomic E-state index is 5.43. The smallest absolute Gasteiger partial charge is 0.243 e. The lowest BCUT2D eigenvalue weighted by Crippen LogP contribution is -2.30. The van der Waals surface area contributed by atoms with Crippen molar-refractivity contribution in [1.82, 2.24) is 19.9 Å². The van der Waals surface area contributed by atoms with E-state index in [4.69, 9.17) is 5.84 Å². The third-order valence-corrected chi connectivity index (χ3v) is 3.40. The minimum Gasteiger partial charge on any atom is -0.353 e. The summed E-state index contributed by atoms with van der Waals surface area (Å²) in [6, 6.07) is 0. The second kappa shape index (κ2) is 9.30. The van der Waals surface area contributed by atoms with E-state index >= 15 is 0 Å². The summed E-state index contributed by atoms with van der Waals surface area (Å²) >= 11 is 0. The Kier molecular flexibility index (Phi) is 7.70. The van der Waals surface area contributed by atoms with Gasteiger partial charge in [-0.25, -0.2) is 5.84 Å². The van der Waals surface area contributed by atoms with Gasteiger partial charge in [-0.1, -0.05) is 13.8 Å². The van der Waals surface area contributed by atoms with E-state index in [1.54, 1.807) is 0 Å². The van der Waals surface area contributed by atoms with Gasteiger partial charge in [0.2, 0.25) is 17.8 Å². The molecule has 1 heterocycles. The molecule has 0 saturated heterocycles. The average Bonchev–Trinajstić information content (AvgIpc) is 2.52. The van der Waals surface area contributed by atoms with Crippen LogP contribution in [-0.4, -0.2) is 59.1 Å². The summed E-state index contributed by atoms with van der Waals surface area (Å²) < 4.78 is 0. The number of nitrogen functional groups attached to an aromatic ring is 1. The highest BCUT2D eigenvalue weighted by Gasteiger charge is 2.10. The second-order valence-electron chi connectivity index (χ2n) is 4.55. The van der Waals surface area contributed by atoms with Crippen LogP contribution >= 0.6 is 0 Å². The molecular formula is C13H28N8. The van der Waals surface area contributed by atoms with Crippen LogP contribution in [0.1, 0.15) is 27.7 Å². The normalized spacial score (nSPS) is 10.8. The predicted octanol–water partition coefficient (Wildman–Crippen LogP) is 0.757. The molecule has 0 amide bonds. The molecule has 0 unspecified atom stereocenters. The summed E-state index contributed by atoms with van der Waals surface area (Å²) in [5.41, 5.74) is 2.49. The fraction of sp³-hybridized carbons (Fsp3) is 0.769. The molecule has 0 spiro atoms. The standard InChI is InChI=1S/C13H28N8/c1-5-20(6-2)10-9-15-11-16-12(19-14)18-13(17-11)21(7-3)8-4/h5-10,14H2,1-4H3,(H2,15,16,17,18,19). The topological polar surface area (TPSA) is 95.2 Å². The summed E-state index contributed by atoms with van der Waals surface area (Å²) in [6.07, 6.45) is 0. The molecular weight excluding hydrogens is 268 g/mol. The van der Waals surface area contributed by atoms with E-state index in [9.17, 15) is 0 Å². The van der Waals surface area contributed by atoms with Crippen LogP contribution in [0.2, 0.25) is 0 Å². The van der Waals surface area contributed by atoms with Gasteiger partial charge in [0.15, 0.2) is 0 Å². The third-order valence-electron chi connectivity index (χ3n) is 3.40. The van der Waals surface area contributed by atoms with Crippen LogP contribution in [-0.2, 0) is 0 Å². The first-order valence-corrected chi connectivity index (χ1v) is 7.62. The molecule has 0 atom stereocenters. The lowest BCUT2D eigenvalue weighted by atomic mass is 10.4. The number of aromatic nitrogens is 3.